The molecular weight excluding hydrogens is 242 g/mol. The van der Waals surface area contributed by atoms with E-state index in [1.54, 1.807) is 0 Å². The maximum atomic E-state index is 9.92. The summed E-state index contributed by atoms with van der Waals surface area (Å²) in [4.78, 5) is 0. The second-order valence-corrected chi connectivity index (χ2v) is 6.23. The smallest absolute Gasteiger partial charge is 0.0897 e. The van der Waals surface area contributed by atoms with Gasteiger partial charge in [0.05, 0.1) is 25.4 Å². The maximum Gasteiger partial charge on any atom is 0.0897 e. The summed E-state index contributed by atoms with van der Waals surface area (Å²) in [6.45, 7) is 7.31. The highest BCUT2D eigenvalue weighted by atomic mass is 16.5. The van der Waals surface area contributed by atoms with Crippen LogP contribution in [-0.4, -0.2) is 48.2 Å². The Morgan fingerprint density at radius 2 is 1.95 bits per heavy atom. The largest absolute Gasteiger partial charge is 0.395 e. The standard InChI is InChI=1S/C15H31NO3/c1-11(2)14(9-17)16-8-13(18)10-19-15-7-5-4-6-12(15)3/h11-18H,4-10H2,1-3H3/t12?,13?,14-,15?/m1/s1. The summed E-state index contributed by atoms with van der Waals surface area (Å²) in [7, 11) is 0. The van der Waals surface area contributed by atoms with Crippen molar-refractivity contribution >= 4 is 0 Å². The Morgan fingerprint density at radius 3 is 2.53 bits per heavy atom. The summed E-state index contributed by atoms with van der Waals surface area (Å²) in [5.74, 6) is 0.964. The third-order valence-corrected chi connectivity index (χ3v) is 4.15. The zero-order chi connectivity index (χ0) is 14.3. The molecule has 19 heavy (non-hydrogen) atoms. The van der Waals surface area contributed by atoms with E-state index >= 15 is 0 Å². The van der Waals surface area contributed by atoms with Gasteiger partial charge in [-0.1, -0.05) is 33.6 Å². The molecule has 114 valence electrons. The van der Waals surface area contributed by atoms with Crippen molar-refractivity contribution in [2.75, 3.05) is 19.8 Å². The molecule has 1 rings (SSSR count). The molecular formula is C15H31NO3. The molecule has 0 radical (unpaired) electrons. The lowest BCUT2D eigenvalue weighted by Crippen LogP contribution is -2.43. The summed E-state index contributed by atoms with van der Waals surface area (Å²) in [6, 6.07) is 0.0447. The summed E-state index contributed by atoms with van der Waals surface area (Å²) >= 11 is 0. The van der Waals surface area contributed by atoms with Crippen molar-refractivity contribution in [2.45, 2.75) is 64.7 Å². The zero-order valence-corrected chi connectivity index (χ0v) is 12.6. The minimum atomic E-state index is -0.498. The van der Waals surface area contributed by atoms with E-state index in [0.717, 1.165) is 6.42 Å². The van der Waals surface area contributed by atoms with Crippen LogP contribution >= 0.6 is 0 Å². The van der Waals surface area contributed by atoms with Crippen molar-refractivity contribution in [2.24, 2.45) is 11.8 Å². The molecule has 0 saturated heterocycles. The molecule has 0 aromatic heterocycles. The second kappa shape index (κ2) is 8.90. The molecule has 0 aromatic rings. The van der Waals surface area contributed by atoms with Gasteiger partial charge in [0.1, 0.15) is 0 Å². The van der Waals surface area contributed by atoms with Gasteiger partial charge in [0.2, 0.25) is 0 Å². The first-order chi connectivity index (χ1) is 9.04. The molecule has 3 unspecified atom stereocenters. The molecule has 4 heteroatoms. The third kappa shape index (κ3) is 6.21. The summed E-state index contributed by atoms with van der Waals surface area (Å²) in [5, 5.41) is 22.3. The molecule has 0 amide bonds. The van der Waals surface area contributed by atoms with Crippen molar-refractivity contribution in [1.29, 1.82) is 0 Å². The Bertz CT molecular complexity index is 235. The van der Waals surface area contributed by atoms with E-state index in [1.807, 2.05) is 0 Å². The van der Waals surface area contributed by atoms with Crippen LogP contribution in [0.2, 0.25) is 0 Å². The minimum Gasteiger partial charge on any atom is -0.395 e. The molecule has 1 aliphatic rings. The normalized spacial score (nSPS) is 27.5. The van der Waals surface area contributed by atoms with Gasteiger partial charge in [-0.3, -0.25) is 0 Å². The van der Waals surface area contributed by atoms with Crippen LogP contribution in [0.3, 0.4) is 0 Å². The molecule has 0 aliphatic heterocycles. The fraction of sp³-hybridized carbons (Fsp3) is 1.00. The van der Waals surface area contributed by atoms with Gasteiger partial charge in [0, 0.05) is 12.6 Å². The molecule has 0 heterocycles. The number of hydrogen-bond acceptors (Lipinski definition) is 4. The zero-order valence-electron chi connectivity index (χ0n) is 12.6. The number of aliphatic hydroxyl groups is 2. The lowest BCUT2D eigenvalue weighted by atomic mass is 9.88. The first kappa shape index (κ1) is 16.9. The van der Waals surface area contributed by atoms with Crippen LogP contribution < -0.4 is 5.32 Å². The number of nitrogens with one attached hydrogen (secondary N) is 1. The molecule has 1 saturated carbocycles. The topological polar surface area (TPSA) is 61.7 Å². The number of rotatable bonds is 8. The first-order valence-corrected chi connectivity index (χ1v) is 7.68. The van der Waals surface area contributed by atoms with Gasteiger partial charge in [-0.05, 0) is 24.7 Å². The maximum absolute atomic E-state index is 9.92. The van der Waals surface area contributed by atoms with E-state index in [-0.39, 0.29) is 12.6 Å². The average Bonchev–Trinajstić information content (AvgIpc) is 2.38. The van der Waals surface area contributed by atoms with Crippen LogP contribution in [-0.2, 0) is 4.74 Å². The number of ether oxygens (including phenoxy) is 1. The third-order valence-electron chi connectivity index (χ3n) is 4.15. The fourth-order valence-electron chi connectivity index (χ4n) is 2.62. The van der Waals surface area contributed by atoms with Crippen molar-refractivity contribution in [3.8, 4) is 0 Å². The summed E-state index contributed by atoms with van der Waals surface area (Å²) in [6.07, 6.45) is 4.70. The predicted molar refractivity (Wildman–Crippen MR) is 77.1 cm³/mol. The van der Waals surface area contributed by atoms with Crippen LogP contribution in [0.1, 0.15) is 46.5 Å². The van der Waals surface area contributed by atoms with E-state index in [2.05, 4.69) is 26.1 Å². The molecule has 0 aromatic carbocycles. The summed E-state index contributed by atoms with van der Waals surface area (Å²) in [5.41, 5.74) is 0. The van der Waals surface area contributed by atoms with Crippen molar-refractivity contribution in [3.05, 3.63) is 0 Å². The Labute approximate surface area is 117 Å². The van der Waals surface area contributed by atoms with Crippen LogP contribution in [0, 0.1) is 11.8 Å². The Hall–Kier alpha value is -0.160. The van der Waals surface area contributed by atoms with Gasteiger partial charge in [0.25, 0.3) is 0 Å². The van der Waals surface area contributed by atoms with Crippen LogP contribution in [0.15, 0.2) is 0 Å². The molecule has 4 nitrogen and oxygen atoms in total. The van der Waals surface area contributed by atoms with E-state index in [0.29, 0.717) is 31.1 Å². The number of hydrogen-bond donors (Lipinski definition) is 3. The quantitative estimate of drug-likeness (QED) is 0.628. The second-order valence-electron chi connectivity index (χ2n) is 6.23. The lowest BCUT2D eigenvalue weighted by molar-refractivity contribution is -0.0462. The van der Waals surface area contributed by atoms with Crippen LogP contribution in [0.5, 0.6) is 0 Å². The van der Waals surface area contributed by atoms with Crippen molar-refractivity contribution in [3.63, 3.8) is 0 Å². The summed E-state index contributed by atoms with van der Waals surface area (Å²) < 4.78 is 5.83. The van der Waals surface area contributed by atoms with Gasteiger partial charge < -0.3 is 20.3 Å². The molecule has 4 atom stereocenters. The predicted octanol–water partition coefficient (Wildman–Crippen LogP) is 1.55. The SMILES string of the molecule is CC1CCCCC1OCC(O)CN[C@H](CO)C(C)C. The van der Waals surface area contributed by atoms with Crippen LogP contribution in [0.4, 0.5) is 0 Å². The molecule has 0 spiro atoms. The Kier molecular flexibility index (Phi) is 7.91. The minimum absolute atomic E-state index is 0.0447. The molecule has 3 N–H and O–H groups in total. The first-order valence-electron chi connectivity index (χ1n) is 7.68. The van der Waals surface area contributed by atoms with Crippen molar-refractivity contribution < 1.29 is 14.9 Å². The highest BCUT2D eigenvalue weighted by Gasteiger charge is 2.23. The molecule has 0 bridgehead atoms. The molecule has 1 fully saturated rings. The van der Waals surface area contributed by atoms with Crippen molar-refractivity contribution in [1.82, 2.24) is 5.32 Å². The van der Waals surface area contributed by atoms with E-state index in [4.69, 9.17) is 4.74 Å². The van der Waals surface area contributed by atoms with Gasteiger partial charge in [-0.15, -0.1) is 0 Å². The fourth-order valence-corrected chi connectivity index (χ4v) is 2.62. The monoisotopic (exact) mass is 273 g/mol. The van der Waals surface area contributed by atoms with Gasteiger partial charge in [0.15, 0.2) is 0 Å². The number of aliphatic hydroxyl groups excluding tert-OH is 2. The van der Waals surface area contributed by atoms with Gasteiger partial charge >= 0.3 is 0 Å². The van der Waals surface area contributed by atoms with Gasteiger partial charge in [-0.2, -0.15) is 0 Å². The van der Waals surface area contributed by atoms with E-state index < -0.39 is 6.10 Å². The van der Waals surface area contributed by atoms with E-state index in [1.165, 1.54) is 19.3 Å². The average molecular weight is 273 g/mol. The van der Waals surface area contributed by atoms with E-state index in [9.17, 15) is 10.2 Å². The van der Waals surface area contributed by atoms with Crippen LogP contribution in [0.25, 0.3) is 0 Å². The highest BCUT2D eigenvalue weighted by molar-refractivity contribution is 4.74. The lowest BCUT2D eigenvalue weighted by Gasteiger charge is -2.30. The highest BCUT2D eigenvalue weighted by Crippen LogP contribution is 2.26. The molecule has 1 aliphatic carbocycles. The van der Waals surface area contributed by atoms with Gasteiger partial charge in [-0.25, -0.2) is 0 Å². The Morgan fingerprint density at radius 1 is 1.26 bits per heavy atom. The Balaban J connectivity index is 2.18.